The molecule has 3 heterocycles. The molecule has 0 atom stereocenters. The number of benzene rings is 2. The summed E-state index contributed by atoms with van der Waals surface area (Å²) in [6.07, 6.45) is 3.03. The van der Waals surface area contributed by atoms with Crippen molar-refractivity contribution in [3.05, 3.63) is 105 Å². The molecular formula is C27H22BrN5O5S. The maximum Gasteiger partial charge on any atom is 0.282 e. The number of hydrogen-bond acceptors (Lipinski definition) is 7. The van der Waals surface area contributed by atoms with Crippen LogP contribution in [0.5, 0.6) is 5.75 Å². The molecule has 2 aromatic carbocycles. The lowest BCUT2D eigenvalue weighted by molar-refractivity contribution is 0.0974. The van der Waals surface area contributed by atoms with Crippen LogP contribution in [-0.4, -0.2) is 36.0 Å². The van der Waals surface area contributed by atoms with Crippen LogP contribution in [0.2, 0.25) is 0 Å². The van der Waals surface area contributed by atoms with Crippen molar-refractivity contribution < 1.29 is 17.9 Å². The van der Waals surface area contributed by atoms with E-state index in [4.69, 9.17) is 10.5 Å². The molecule has 0 radical (unpaired) electrons. The van der Waals surface area contributed by atoms with Crippen molar-refractivity contribution in [2.45, 2.75) is 11.4 Å². The van der Waals surface area contributed by atoms with Gasteiger partial charge >= 0.3 is 0 Å². The normalized spacial score (nSPS) is 11.4. The predicted octanol–water partition coefficient (Wildman–Crippen LogP) is 3.91. The minimum absolute atomic E-state index is 0.00716. The van der Waals surface area contributed by atoms with E-state index in [1.54, 1.807) is 53.2 Å². The summed E-state index contributed by atoms with van der Waals surface area (Å²) in [6, 6.07) is 17.6. The molecule has 0 aliphatic carbocycles. The molecule has 1 amide bonds. The lowest BCUT2D eigenvalue weighted by Crippen LogP contribution is -2.33. The van der Waals surface area contributed by atoms with E-state index in [2.05, 4.69) is 30.6 Å². The number of H-pyrrole nitrogens is 1. The summed E-state index contributed by atoms with van der Waals surface area (Å²) in [5.74, 6) is -0.147. The fourth-order valence-electron chi connectivity index (χ4n) is 4.38. The van der Waals surface area contributed by atoms with E-state index >= 15 is 0 Å². The molecule has 10 nitrogen and oxygen atoms in total. The van der Waals surface area contributed by atoms with E-state index in [0.717, 1.165) is 5.56 Å². The van der Waals surface area contributed by atoms with E-state index in [1.807, 2.05) is 0 Å². The van der Waals surface area contributed by atoms with Crippen molar-refractivity contribution in [2.75, 3.05) is 12.8 Å². The first-order valence-electron chi connectivity index (χ1n) is 11.6. The number of nitrogens with one attached hydrogen (secondary N) is 2. The standard InChI is InChI=1S/C27H22BrN5O5S/c1-38-18-5-7-19(8-6-18)39(36,37)32-27(35)25-24(20-3-2-11-31-26(20)34)21-14-17(28)4-9-22(21)33(25)15-16-10-12-30-23(29)13-16/h2-14H,15H2,1H3,(H2,29,30)(H,31,34)(H,32,35). The van der Waals surface area contributed by atoms with Gasteiger partial charge in [-0.25, -0.2) is 18.1 Å². The van der Waals surface area contributed by atoms with E-state index in [-0.39, 0.29) is 28.3 Å². The third-order valence-corrected chi connectivity index (χ3v) is 7.95. The van der Waals surface area contributed by atoms with Gasteiger partial charge in [-0.15, -0.1) is 0 Å². The van der Waals surface area contributed by atoms with Gasteiger partial charge in [0.2, 0.25) is 0 Å². The number of amides is 1. The molecule has 0 aliphatic rings. The molecule has 0 spiro atoms. The van der Waals surface area contributed by atoms with Gasteiger partial charge in [-0.2, -0.15) is 0 Å². The van der Waals surface area contributed by atoms with Gasteiger partial charge in [0.15, 0.2) is 0 Å². The Labute approximate surface area is 231 Å². The summed E-state index contributed by atoms with van der Waals surface area (Å²) in [4.78, 5) is 33.4. The summed E-state index contributed by atoms with van der Waals surface area (Å²) in [5, 5.41) is 0.579. The Kier molecular flexibility index (Phi) is 6.98. The zero-order chi connectivity index (χ0) is 27.7. The SMILES string of the molecule is COc1ccc(S(=O)(=O)NC(=O)c2c(-c3ccc[nH]c3=O)c3cc(Br)ccc3n2Cc2ccnc(N)c2)cc1. The highest BCUT2D eigenvalue weighted by atomic mass is 79.9. The number of nitrogens with zero attached hydrogens (tertiary/aromatic N) is 2. The highest BCUT2D eigenvalue weighted by Gasteiger charge is 2.29. The van der Waals surface area contributed by atoms with Crippen LogP contribution in [0.4, 0.5) is 5.82 Å². The quantitative estimate of drug-likeness (QED) is 0.254. The average Bonchev–Trinajstić information content (AvgIpc) is 3.21. The third-order valence-electron chi connectivity index (χ3n) is 6.11. The first kappa shape index (κ1) is 26.2. The van der Waals surface area contributed by atoms with Crippen LogP contribution < -0.4 is 20.8 Å². The van der Waals surface area contributed by atoms with E-state index < -0.39 is 21.5 Å². The highest BCUT2D eigenvalue weighted by Crippen LogP contribution is 2.36. The number of hydrogen-bond donors (Lipinski definition) is 3. The van der Waals surface area contributed by atoms with Gasteiger partial charge < -0.3 is 20.0 Å². The Morgan fingerprint density at radius 1 is 1.13 bits per heavy atom. The van der Waals surface area contributed by atoms with Gasteiger partial charge in [0.05, 0.1) is 12.0 Å². The fraction of sp³-hybridized carbons (Fsp3) is 0.0741. The van der Waals surface area contributed by atoms with Crippen LogP contribution in [0, 0.1) is 0 Å². The van der Waals surface area contributed by atoms with Crippen LogP contribution in [-0.2, 0) is 16.6 Å². The molecule has 0 saturated carbocycles. The first-order chi connectivity index (χ1) is 18.7. The summed E-state index contributed by atoms with van der Waals surface area (Å²) < 4.78 is 36.1. The Hall–Kier alpha value is -4.42. The summed E-state index contributed by atoms with van der Waals surface area (Å²) in [6.45, 7) is 0.154. The zero-order valence-electron chi connectivity index (χ0n) is 20.5. The molecule has 12 heteroatoms. The number of ether oxygens (including phenoxy) is 1. The largest absolute Gasteiger partial charge is 0.497 e. The zero-order valence-corrected chi connectivity index (χ0v) is 22.9. The van der Waals surface area contributed by atoms with Crippen molar-refractivity contribution in [2.24, 2.45) is 0 Å². The van der Waals surface area contributed by atoms with E-state index in [1.165, 1.54) is 37.6 Å². The third kappa shape index (κ3) is 5.16. The number of halogens is 1. The van der Waals surface area contributed by atoms with Crippen molar-refractivity contribution in [3.8, 4) is 16.9 Å². The molecule has 4 N–H and O–H groups in total. The summed E-state index contributed by atoms with van der Waals surface area (Å²) in [5.41, 5.74) is 7.28. The highest BCUT2D eigenvalue weighted by molar-refractivity contribution is 9.10. The number of pyridine rings is 2. The minimum Gasteiger partial charge on any atom is -0.497 e. The fourth-order valence-corrected chi connectivity index (χ4v) is 5.69. The maximum absolute atomic E-state index is 13.9. The topological polar surface area (TPSA) is 149 Å². The summed E-state index contributed by atoms with van der Waals surface area (Å²) in [7, 11) is -2.81. The van der Waals surface area contributed by atoms with Crippen molar-refractivity contribution in [1.29, 1.82) is 0 Å². The second-order valence-electron chi connectivity index (χ2n) is 8.58. The molecule has 0 unspecified atom stereocenters. The number of sulfonamides is 1. The smallest absolute Gasteiger partial charge is 0.282 e. The minimum atomic E-state index is -4.28. The van der Waals surface area contributed by atoms with Crippen LogP contribution in [0.1, 0.15) is 16.1 Å². The summed E-state index contributed by atoms with van der Waals surface area (Å²) >= 11 is 3.47. The Morgan fingerprint density at radius 2 is 1.90 bits per heavy atom. The lowest BCUT2D eigenvalue weighted by Gasteiger charge is -2.14. The van der Waals surface area contributed by atoms with Crippen LogP contribution >= 0.6 is 15.9 Å². The molecule has 3 aromatic heterocycles. The molecule has 0 fully saturated rings. The monoisotopic (exact) mass is 607 g/mol. The lowest BCUT2D eigenvalue weighted by atomic mass is 10.0. The average molecular weight is 608 g/mol. The molecule has 5 aromatic rings. The Bertz CT molecular complexity index is 1880. The molecule has 198 valence electrons. The molecule has 39 heavy (non-hydrogen) atoms. The molecule has 5 rings (SSSR count). The van der Waals surface area contributed by atoms with Gasteiger partial charge in [-0.3, -0.25) is 9.59 Å². The van der Waals surface area contributed by atoms with Gasteiger partial charge in [0.1, 0.15) is 17.3 Å². The number of rotatable bonds is 7. The van der Waals surface area contributed by atoms with E-state index in [0.29, 0.717) is 26.9 Å². The molecule has 0 aliphatic heterocycles. The number of nitrogens with two attached hydrogens (primary N) is 1. The Morgan fingerprint density at radius 3 is 2.59 bits per heavy atom. The van der Waals surface area contributed by atoms with Crippen molar-refractivity contribution in [1.82, 2.24) is 19.3 Å². The van der Waals surface area contributed by atoms with E-state index in [9.17, 15) is 18.0 Å². The number of fused-ring (bicyclic) bond motifs is 1. The molecular weight excluding hydrogens is 586 g/mol. The number of methoxy groups -OCH3 is 1. The number of aromatic nitrogens is 3. The van der Waals surface area contributed by atoms with Crippen molar-refractivity contribution >= 4 is 48.6 Å². The van der Waals surface area contributed by atoms with Crippen LogP contribution in [0.3, 0.4) is 0 Å². The van der Waals surface area contributed by atoms with Gasteiger partial charge in [-0.05, 0) is 72.3 Å². The Balaban J connectivity index is 1.74. The molecule has 0 saturated heterocycles. The van der Waals surface area contributed by atoms with Gasteiger partial charge in [0.25, 0.3) is 21.5 Å². The van der Waals surface area contributed by atoms with Crippen LogP contribution in [0.15, 0.2) is 93.3 Å². The predicted molar refractivity (Wildman–Crippen MR) is 151 cm³/mol. The van der Waals surface area contributed by atoms with Gasteiger partial charge in [-0.1, -0.05) is 15.9 Å². The second-order valence-corrected chi connectivity index (χ2v) is 11.2. The van der Waals surface area contributed by atoms with Gasteiger partial charge in [0, 0.05) is 45.4 Å². The first-order valence-corrected chi connectivity index (χ1v) is 13.9. The number of carbonyl (C=O) groups excluding carboxylic acids is 1. The number of anilines is 1. The number of nitrogen functional groups attached to an aromatic ring is 1. The second kappa shape index (κ2) is 10.4. The molecule has 0 bridgehead atoms. The van der Waals surface area contributed by atoms with Crippen molar-refractivity contribution in [3.63, 3.8) is 0 Å². The van der Waals surface area contributed by atoms with Crippen LogP contribution in [0.25, 0.3) is 22.0 Å². The number of carbonyl (C=O) groups is 1. The number of aromatic amines is 1. The maximum atomic E-state index is 13.9.